The van der Waals surface area contributed by atoms with Crippen LogP contribution < -0.4 is 11.1 Å². The smallest absolute Gasteiger partial charge is 0.309 e. The Morgan fingerprint density at radius 3 is 2.44 bits per heavy atom. The van der Waals surface area contributed by atoms with Crippen LogP contribution >= 0.6 is 11.8 Å². The van der Waals surface area contributed by atoms with E-state index in [-0.39, 0.29) is 11.7 Å². The van der Waals surface area contributed by atoms with E-state index >= 15 is 0 Å². The number of carbonyl (C=O) groups excluding carboxylic acids is 2. The minimum absolute atomic E-state index is 0.145. The van der Waals surface area contributed by atoms with Crippen molar-refractivity contribution in [2.45, 2.75) is 26.7 Å². The number of carbonyl (C=O) groups is 3. The van der Waals surface area contributed by atoms with Gasteiger partial charge in [-0.15, -0.1) is 0 Å². The Kier molecular flexibility index (Phi) is 7.42. The van der Waals surface area contributed by atoms with Gasteiger partial charge in [-0.2, -0.15) is 11.8 Å². The van der Waals surface area contributed by atoms with Crippen molar-refractivity contribution in [2.24, 2.45) is 11.1 Å². The average molecular weight is 276 g/mol. The van der Waals surface area contributed by atoms with Gasteiger partial charge < -0.3 is 16.2 Å². The zero-order chi connectivity index (χ0) is 14.2. The molecule has 0 aliphatic heterocycles. The topological polar surface area (TPSA) is 109 Å². The highest BCUT2D eigenvalue weighted by Gasteiger charge is 2.26. The van der Waals surface area contributed by atoms with Gasteiger partial charge in [-0.1, -0.05) is 0 Å². The van der Waals surface area contributed by atoms with Crippen molar-refractivity contribution in [1.82, 2.24) is 5.32 Å². The monoisotopic (exact) mass is 276 g/mol. The zero-order valence-corrected chi connectivity index (χ0v) is 11.5. The molecule has 0 bridgehead atoms. The van der Waals surface area contributed by atoms with Crippen LogP contribution in [0.1, 0.15) is 26.7 Å². The molecule has 18 heavy (non-hydrogen) atoms. The summed E-state index contributed by atoms with van der Waals surface area (Å²) in [5, 5.41) is 11.5. The van der Waals surface area contributed by atoms with Gasteiger partial charge in [-0.05, 0) is 20.3 Å². The number of rotatable bonds is 9. The first-order valence-corrected chi connectivity index (χ1v) is 6.77. The van der Waals surface area contributed by atoms with Crippen LogP contribution in [0.15, 0.2) is 0 Å². The van der Waals surface area contributed by atoms with Gasteiger partial charge in [-0.3, -0.25) is 14.4 Å². The third-order valence-electron chi connectivity index (χ3n) is 2.37. The molecule has 0 aromatic heterocycles. The molecule has 0 atom stereocenters. The Morgan fingerprint density at radius 1 is 1.33 bits per heavy atom. The van der Waals surface area contributed by atoms with Gasteiger partial charge in [0.15, 0.2) is 0 Å². The third kappa shape index (κ3) is 7.94. The molecule has 0 unspecified atom stereocenters. The van der Waals surface area contributed by atoms with Crippen molar-refractivity contribution in [3.8, 4) is 0 Å². The molecule has 7 heteroatoms. The predicted octanol–water partition coefficient (Wildman–Crippen LogP) is 0.212. The van der Waals surface area contributed by atoms with Crippen LogP contribution in [0.25, 0.3) is 0 Å². The Hall–Kier alpha value is -1.24. The number of primary amides is 1. The van der Waals surface area contributed by atoms with Crippen molar-refractivity contribution in [2.75, 3.05) is 18.1 Å². The van der Waals surface area contributed by atoms with E-state index in [1.165, 1.54) is 11.8 Å². The molecule has 104 valence electrons. The number of carboxylic acid groups (broad SMARTS) is 1. The number of nitrogens with one attached hydrogen (secondary N) is 1. The van der Waals surface area contributed by atoms with Crippen LogP contribution in [0.4, 0.5) is 0 Å². The molecule has 0 heterocycles. The fourth-order valence-corrected chi connectivity index (χ4v) is 1.72. The highest BCUT2D eigenvalue weighted by molar-refractivity contribution is 7.99. The second-order valence-electron chi connectivity index (χ2n) is 4.56. The van der Waals surface area contributed by atoms with Crippen LogP contribution in [0.2, 0.25) is 0 Å². The lowest BCUT2D eigenvalue weighted by molar-refractivity contribution is -0.147. The lowest BCUT2D eigenvalue weighted by Gasteiger charge is -2.18. The summed E-state index contributed by atoms with van der Waals surface area (Å²) in [5.41, 5.74) is 4.11. The van der Waals surface area contributed by atoms with Crippen molar-refractivity contribution >= 4 is 29.5 Å². The van der Waals surface area contributed by atoms with Gasteiger partial charge in [0.25, 0.3) is 0 Å². The van der Waals surface area contributed by atoms with E-state index in [1.807, 2.05) is 0 Å². The molecule has 0 saturated heterocycles. The number of hydrogen-bond donors (Lipinski definition) is 3. The summed E-state index contributed by atoms with van der Waals surface area (Å²) in [6, 6.07) is 0. The summed E-state index contributed by atoms with van der Waals surface area (Å²) in [6.45, 7) is 3.56. The number of hydrogen-bond acceptors (Lipinski definition) is 4. The van der Waals surface area contributed by atoms with Crippen molar-refractivity contribution in [1.29, 1.82) is 0 Å². The largest absolute Gasteiger partial charge is 0.481 e. The molecule has 2 amide bonds. The van der Waals surface area contributed by atoms with Crippen LogP contribution in [0.3, 0.4) is 0 Å². The second kappa shape index (κ2) is 7.97. The lowest BCUT2D eigenvalue weighted by Crippen LogP contribution is -2.32. The number of amides is 2. The van der Waals surface area contributed by atoms with Crippen LogP contribution in [-0.2, 0) is 14.4 Å². The Bertz CT molecular complexity index is 318. The summed E-state index contributed by atoms with van der Waals surface area (Å²) in [7, 11) is 0. The van der Waals surface area contributed by atoms with E-state index in [0.717, 1.165) is 0 Å². The molecule has 4 N–H and O–H groups in total. The second-order valence-corrected chi connectivity index (χ2v) is 5.66. The molecule has 0 radical (unpaired) electrons. The van der Waals surface area contributed by atoms with Crippen molar-refractivity contribution < 1.29 is 19.5 Å². The highest BCUT2D eigenvalue weighted by Crippen LogP contribution is 2.19. The fourth-order valence-electron chi connectivity index (χ4n) is 1.05. The molecule has 0 fully saturated rings. The third-order valence-corrected chi connectivity index (χ3v) is 3.35. The average Bonchev–Trinajstić information content (AvgIpc) is 2.23. The van der Waals surface area contributed by atoms with Crippen molar-refractivity contribution in [3.63, 3.8) is 0 Å². The Balaban J connectivity index is 3.66. The van der Waals surface area contributed by atoms with E-state index in [9.17, 15) is 14.4 Å². The number of thioether (sulfide) groups is 1. The number of nitrogens with two attached hydrogens (primary N) is 1. The summed E-state index contributed by atoms with van der Waals surface area (Å²) in [4.78, 5) is 32.6. The van der Waals surface area contributed by atoms with Crippen molar-refractivity contribution in [3.05, 3.63) is 0 Å². The van der Waals surface area contributed by atoms with Crippen LogP contribution in [0.5, 0.6) is 0 Å². The van der Waals surface area contributed by atoms with Gasteiger partial charge in [0.1, 0.15) is 0 Å². The van der Waals surface area contributed by atoms with E-state index in [4.69, 9.17) is 10.8 Å². The van der Waals surface area contributed by atoms with E-state index in [1.54, 1.807) is 13.8 Å². The molecular formula is C11H20N2O4S. The quantitative estimate of drug-likeness (QED) is 0.522. The van der Waals surface area contributed by atoms with Gasteiger partial charge >= 0.3 is 5.97 Å². The summed E-state index contributed by atoms with van der Waals surface area (Å²) < 4.78 is 0. The predicted molar refractivity (Wildman–Crippen MR) is 70.2 cm³/mol. The lowest BCUT2D eigenvalue weighted by atomic mass is 9.90. The number of carboxylic acids is 1. The van der Waals surface area contributed by atoms with Gasteiger partial charge in [0, 0.05) is 18.7 Å². The molecular weight excluding hydrogens is 256 g/mol. The molecule has 0 saturated carbocycles. The van der Waals surface area contributed by atoms with Gasteiger partial charge in [0.2, 0.25) is 11.8 Å². The zero-order valence-electron chi connectivity index (χ0n) is 10.7. The fraction of sp³-hybridized carbons (Fsp3) is 0.727. The first-order valence-electron chi connectivity index (χ1n) is 5.62. The Morgan fingerprint density at radius 2 is 1.94 bits per heavy atom. The van der Waals surface area contributed by atoms with Gasteiger partial charge in [-0.25, -0.2) is 0 Å². The first-order chi connectivity index (χ1) is 8.25. The SMILES string of the molecule is CC(C)(CCNC(=O)CCSCC(N)=O)C(=O)O. The summed E-state index contributed by atoms with van der Waals surface area (Å²) >= 11 is 1.30. The molecule has 0 aliphatic carbocycles. The molecule has 0 aromatic carbocycles. The minimum atomic E-state index is -0.881. The maximum Gasteiger partial charge on any atom is 0.309 e. The maximum atomic E-state index is 11.4. The molecule has 0 spiro atoms. The van der Waals surface area contributed by atoms with E-state index in [0.29, 0.717) is 25.1 Å². The Labute approximate surface area is 111 Å². The highest BCUT2D eigenvalue weighted by atomic mass is 32.2. The van der Waals surface area contributed by atoms with E-state index in [2.05, 4.69) is 5.32 Å². The number of aliphatic carboxylic acids is 1. The van der Waals surface area contributed by atoms with Gasteiger partial charge in [0.05, 0.1) is 11.2 Å². The molecule has 0 aromatic rings. The standard InChI is InChI=1S/C11H20N2O4S/c1-11(2,10(16)17)4-5-13-9(15)3-6-18-7-8(12)14/h3-7H2,1-2H3,(H2,12,14)(H,13,15)(H,16,17). The molecule has 0 rings (SSSR count). The maximum absolute atomic E-state index is 11.4. The van der Waals surface area contributed by atoms with Crippen LogP contribution in [-0.4, -0.2) is 40.9 Å². The summed E-state index contributed by atoms with van der Waals surface area (Å²) in [6.07, 6.45) is 0.675. The first kappa shape index (κ1) is 16.8. The normalized spacial score (nSPS) is 11.0. The molecule has 0 aliphatic rings. The molecule has 6 nitrogen and oxygen atoms in total. The summed E-state index contributed by atoms with van der Waals surface area (Å²) in [5.74, 6) is -0.693. The van der Waals surface area contributed by atoms with E-state index < -0.39 is 17.3 Å². The minimum Gasteiger partial charge on any atom is -0.481 e. The van der Waals surface area contributed by atoms with Crippen LogP contribution in [0, 0.1) is 5.41 Å².